The zero-order valence-electron chi connectivity index (χ0n) is 21.1. The van der Waals surface area contributed by atoms with Gasteiger partial charge in [-0.3, -0.25) is 9.67 Å². The summed E-state index contributed by atoms with van der Waals surface area (Å²) in [6.45, 7) is 2.66. The fourth-order valence-electron chi connectivity index (χ4n) is 5.15. The second-order valence-corrected chi connectivity index (χ2v) is 12.7. The van der Waals surface area contributed by atoms with Crippen LogP contribution in [-0.4, -0.2) is 49.6 Å². The van der Waals surface area contributed by atoms with Crippen molar-refractivity contribution in [2.24, 2.45) is 5.92 Å². The lowest BCUT2D eigenvalue weighted by atomic mass is 9.89. The summed E-state index contributed by atoms with van der Waals surface area (Å²) in [6, 6.07) is 9.27. The number of H-pyrrole nitrogens is 1. The topological polar surface area (TPSA) is 116 Å². The van der Waals surface area contributed by atoms with E-state index in [1.54, 1.807) is 18.5 Å². The summed E-state index contributed by atoms with van der Waals surface area (Å²) < 4.78 is 31.7. The van der Waals surface area contributed by atoms with E-state index in [1.807, 2.05) is 42.1 Å². The van der Waals surface area contributed by atoms with Crippen LogP contribution in [0.4, 0.5) is 0 Å². The predicted octanol–water partition coefficient (Wildman–Crippen LogP) is 5.73. The van der Waals surface area contributed by atoms with Gasteiger partial charge in [0.25, 0.3) is 0 Å². The summed E-state index contributed by atoms with van der Waals surface area (Å²) in [6.07, 6.45) is 9.97. The van der Waals surface area contributed by atoms with Crippen molar-refractivity contribution in [2.45, 2.75) is 44.4 Å². The molecule has 6 rings (SSSR count). The van der Waals surface area contributed by atoms with Crippen LogP contribution in [0.5, 0.6) is 11.5 Å². The van der Waals surface area contributed by atoms with Crippen LogP contribution < -0.4 is 4.74 Å². The molecule has 11 heteroatoms. The van der Waals surface area contributed by atoms with E-state index in [1.165, 1.54) is 6.26 Å². The molecule has 1 fully saturated rings. The Morgan fingerprint density at radius 3 is 2.66 bits per heavy atom. The SMILES string of the molecule is Cc1nc2ccc(Oc3ccc4ncc(-c5cnn(CC6CCC(S(C)(=O)=O)CC6)c5)nc4c3Cl)cc2[nH]1. The quantitative estimate of drug-likeness (QED) is 0.287. The highest BCUT2D eigenvalue weighted by Gasteiger charge is 2.28. The molecule has 196 valence electrons. The maximum Gasteiger partial charge on any atom is 0.150 e. The molecule has 2 aromatic carbocycles. The van der Waals surface area contributed by atoms with Gasteiger partial charge < -0.3 is 9.72 Å². The molecule has 3 heterocycles. The van der Waals surface area contributed by atoms with Crippen molar-refractivity contribution in [3.63, 3.8) is 0 Å². The van der Waals surface area contributed by atoms with Crippen molar-refractivity contribution in [3.8, 4) is 22.8 Å². The molecule has 0 bridgehead atoms. The highest BCUT2D eigenvalue weighted by Crippen LogP contribution is 2.36. The number of sulfone groups is 1. The molecule has 0 saturated heterocycles. The van der Waals surface area contributed by atoms with Crippen LogP contribution in [0, 0.1) is 12.8 Å². The third kappa shape index (κ3) is 4.98. The lowest BCUT2D eigenvalue weighted by Crippen LogP contribution is -2.27. The van der Waals surface area contributed by atoms with Gasteiger partial charge in [0.2, 0.25) is 0 Å². The molecule has 1 aliphatic rings. The molecular formula is C27H27ClN6O3S. The second kappa shape index (κ2) is 9.67. The summed E-state index contributed by atoms with van der Waals surface area (Å²) in [5, 5.41) is 4.69. The number of nitrogens with one attached hydrogen (secondary N) is 1. The molecular weight excluding hydrogens is 524 g/mol. The van der Waals surface area contributed by atoms with E-state index in [2.05, 4.69) is 20.1 Å². The minimum atomic E-state index is -2.97. The number of hydrogen-bond acceptors (Lipinski definition) is 7. The molecule has 0 unspecified atom stereocenters. The molecule has 0 spiro atoms. The summed E-state index contributed by atoms with van der Waals surface area (Å²) in [7, 11) is -2.97. The van der Waals surface area contributed by atoms with Crippen LogP contribution in [0.2, 0.25) is 5.02 Å². The predicted molar refractivity (Wildman–Crippen MR) is 147 cm³/mol. The Morgan fingerprint density at radius 2 is 1.87 bits per heavy atom. The van der Waals surface area contributed by atoms with Gasteiger partial charge in [-0.25, -0.2) is 18.4 Å². The van der Waals surface area contributed by atoms with Gasteiger partial charge in [-0.05, 0) is 62.8 Å². The number of aromatic nitrogens is 6. The van der Waals surface area contributed by atoms with Crippen LogP contribution in [0.25, 0.3) is 33.3 Å². The summed E-state index contributed by atoms with van der Waals surface area (Å²) in [5.74, 6) is 2.37. The molecule has 38 heavy (non-hydrogen) atoms. The number of nitrogens with zero attached hydrogens (tertiary/aromatic N) is 5. The third-order valence-electron chi connectivity index (χ3n) is 7.19. The van der Waals surface area contributed by atoms with Crippen LogP contribution in [-0.2, 0) is 16.4 Å². The minimum absolute atomic E-state index is 0.212. The van der Waals surface area contributed by atoms with Crippen molar-refractivity contribution in [1.82, 2.24) is 29.7 Å². The maximum atomic E-state index is 11.8. The third-order valence-corrected chi connectivity index (χ3v) is 9.24. The van der Waals surface area contributed by atoms with Crippen LogP contribution in [0.15, 0.2) is 48.9 Å². The number of aromatic amines is 1. The standard InChI is InChI=1S/C27H27ClN6O3S/c1-16-31-21-8-5-19(11-23(21)32-16)37-25-10-9-22-27(26(25)28)33-24(13-29-22)18-12-30-34(15-18)14-17-3-6-20(7-4-17)38(2,35)36/h5,8-13,15,17,20H,3-4,6-7,14H2,1-2H3,(H,31,32). The minimum Gasteiger partial charge on any atom is -0.456 e. The Bertz CT molecular complexity index is 1760. The van der Waals surface area contributed by atoms with Gasteiger partial charge in [-0.15, -0.1) is 0 Å². The van der Waals surface area contributed by atoms with Crippen LogP contribution >= 0.6 is 11.6 Å². The van der Waals surface area contributed by atoms with Crippen molar-refractivity contribution < 1.29 is 13.2 Å². The number of imidazole rings is 1. The van der Waals surface area contributed by atoms with E-state index < -0.39 is 9.84 Å². The zero-order valence-corrected chi connectivity index (χ0v) is 22.6. The normalized spacial score (nSPS) is 18.3. The van der Waals surface area contributed by atoms with E-state index in [9.17, 15) is 8.42 Å². The molecule has 5 aromatic rings. The molecule has 0 aliphatic heterocycles. The Balaban J connectivity index is 1.21. The number of halogens is 1. The first-order valence-corrected chi connectivity index (χ1v) is 14.9. The van der Waals surface area contributed by atoms with Gasteiger partial charge >= 0.3 is 0 Å². The molecule has 1 saturated carbocycles. The van der Waals surface area contributed by atoms with Crippen molar-refractivity contribution >= 4 is 43.5 Å². The maximum absolute atomic E-state index is 11.8. The second-order valence-electron chi connectivity index (χ2n) is 10.0. The fourth-order valence-corrected chi connectivity index (χ4v) is 6.52. The Hall–Kier alpha value is -3.50. The summed E-state index contributed by atoms with van der Waals surface area (Å²) in [4.78, 5) is 17.0. The van der Waals surface area contributed by atoms with Crippen LogP contribution in [0.3, 0.4) is 0 Å². The molecule has 1 aliphatic carbocycles. The fraction of sp³-hybridized carbons (Fsp3) is 0.333. The van der Waals surface area contributed by atoms with E-state index in [0.717, 1.165) is 41.8 Å². The number of hydrogen-bond donors (Lipinski definition) is 1. The Morgan fingerprint density at radius 1 is 1.08 bits per heavy atom. The molecule has 0 atom stereocenters. The average molecular weight is 551 g/mol. The number of ether oxygens (including phenoxy) is 1. The molecule has 9 nitrogen and oxygen atoms in total. The van der Waals surface area contributed by atoms with Crippen molar-refractivity contribution in [3.05, 3.63) is 59.8 Å². The first-order valence-electron chi connectivity index (χ1n) is 12.5. The average Bonchev–Trinajstić information content (AvgIpc) is 3.51. The zero-order chi connectivity index (χ0) is 26.4. The monoisotopic (exact) mass is 550 g/mol. The number of aryl methyl sites for hydroxylation is 1. The Kier molecular flexibility index (Phi) is 6.31. The van der Waals surface area contributed by atoms with Crippen LogP contribution in [0.1, 0.15) is 31.5 Å². The molecule has 0 amide bonds. The van der Waals surface area contributed by atoms with E-state index in [0.29, 0.717) is 52.0 Å². The van der Waals surface area contributed by atoms with Crippen molar-refractivity contribution in [1.29, 1.82) is 0 Å². The van der Waals surface area contributed by atoms with Gasteiger partial charge in [0.05, 0.1) is 39.9 Å². The first kappa shape index (κ1) is 24.8. The van der Waals surface area contributed by atoms with E-state index in [4.69, 9.17) is 21.3 Å². The van der Waals surface area contributed by atoms with Gasteiger partial charge in [-0.2, -0.15) is 5.10 Å². The molecule has 3 aromatic heterocycles. The van der Waals surface area contributed by atoms with Crippen molar-refractivity contribution in [2.75, 3.05) is 6.26 Å². The number of benzene rings is 2. The first-order chi connectivity index (χ1) is 18.2. The van der Waals surface area contributed by atoms with Gasteiger partial charge in [0.1, 0.15) is 37.7 Å². The van der Waals surface area contributed by atoms with E-state index >= 15 is 0 Å². The Labute approximate surface area is 225 Å². The lowest BCUT2D eigenvalue weighted by Gasteiger charge is -2.27. The molecule has 1 N–H and O–H groups in total. The highest BCUT2D eigenvalue weighted by molar-refractivity contribution is 7.91. The lowest BCUT2D eigenvalue weighted by molar-refractivity contribution is 0.308. The smallest absolute Gasteiger partial charge is 0.150 e. The van der Waals surface area contributed by atoms with Gasteiger partial charge in [0, 0.05) is 30.6 Å². The summed E-state index contributed by atoms with van der Waals surface area (Å²) >= 11 is 6.74. The number of fused-ring (bicyclic) bond motifs is 2. The van der Waals surface area contributed by atoms with Gasteiger partial charge in [-0.1, -0.05) is 11.6 Å². The van der Waals surface area contributed by atoms with E-state index in [-0.39, 0.29) is 5.25 Å². The number of rotatable bonds is 6. The van der Waals surface area contributed by atoms with Gasteiger partial charge in [0.15, 0.2) is 0 Å². The molecule has 0 radical (unpaired) electrons. The summed E-state index contributed by atoms with van der Waals surface area (Å²) in [5.41, 5.74) is 4.48. The largest absolute Gasteiger partial charge is 0.456 e. The highest BCUT2D eigenvalue weighted by atomic mass is 35.5.